The van der Waals surface area contributed by atoms with Crippen LogP contribution < -0.4 is 10.6 Å². The second-order valence-electron chi connectivity index (χ2n) is 13.3. The Bertz CT molecular complexity index is 1220. The minimum Gasteiger partial charge on any atom is -0.380 e. The molecule has 2 aromatic rings. The third kappa shape index (κ3) is 6.06. The molecule has 0 bridgehead atoms. The van der Waals surface area contributed by atoms with Crippen molar-refractivity contribution < 1.29 is 14.7 Å². The highest BCUT2D eigenvalue weighted by atomic mass is 16.3. The van der Waals surface area contributed by atoms with E-state index in [-0.39, 0.29) is 29.4 Å². The third-order valence-corrected chi connectivity index (χ3v) is 10.3. The minimum atomic E-state index is -1.14. The lowest BCUT2D eigenvalue weighted by atomic mass is 9.76. The molecule has 4 fully saturated rings. The molecular formula is C33H49N5O3. The van der Waals surface area contributed by atoms with Crippen molar-refractivity contribution in [2.75, 3.05) is 32.7 Å². The highest BCUT2D eigenvalue weighted by molar-refractivity contribution is 5.88. The van der Waals surface area contributed by atoms with E-state index < -0.39 is 5.60 Å². The Morgan fingerprint density at radius 1 is 0.829 bits per heavy atom. The summed E-state index contributed by atoms with van der Waals surface area (Å²) in [6, 6.07) is 8.82. The van der Waals surface area contributed by atoms with Crippen LogP contribution in [-0.2, 0) is 16.6 Å². The number of fused-ring (bicyclic) bond motifs is 1. The van der Waals surface area contributed by atoms with Gasteiger partial charge in [0, 0.05) is 63.1 Å². The molecule has 1 aromatic heterocycles. The second-order valence-corrected chi connectivity index (χ2v) is 13.3. The van der Waals surface area contributed by atoms with E-state index in [1.165, 1.54) is 61.4 Å². The molecule has 8 nitrogen and oxygen atoms in total. The molecule has 2 saturated heterocycles. The number of carbonyl (C=O) groups is 2. The highest BCUT2D eigenvalue weighted by Gasteiger charge is 2.51. The van der Waals surface area contributed by atoms with Crippen LogP contribution in [-0.4, -0.2) is 81.2 Å². The number of aliphatic hydroxyl groups is 1. The number of rotatable bonds is 3. The summed E-state index contributed by atoms with van der Waals surface area (Å²) in [7, 11) is 2.09. The van der Waals surface area contributed by atoms with Crippen molar-refractivity contribution in [3.8, 4) is 0 Å². The van der Waals surface area contributed by atoms with E-state index in [9.17, 15) is 14.7 Å². The van der Waals surface area contributed by atoms with Crippen molar-refractivity contribution in [1.29, 1.82) is 0 Å². The predicted molar refractivity (Wildman–Crippen MR) is 161 cm³/mol. The zero-order chi connectivity index (χ0) is 28.5. The van der Waals surface area contributed by atoms with Gasteiger partial charge in [0.1, 0.15) is 11.6 Å². The molecule has 3 heterocycles. The van der Waals surface area contributed by atoms with E-state index in [1.807, 2.05) is 4.90 Å². The Labute approximate surface area is 244 Å². The lowest BCUT2D eigenvalue weighted by Crippen LogP contribution is -2.71. The number of hydrogen-bond donors (Lipinski definition) is 3. The molecule has 2 saturated carbocycles. The van der Waals surface area contributed by atoms with Gasteiger partial charge in [-0.3, -0.25) is 9.59 Å². The summed E-state index contributed by atoms with van der Waals surface area (Å²) in [5.74, 6) is 0.00913. The molecular weight excluding hydrogens is 514 g/mol. The fraction of sp³-hybridized carbons (Fsp3) is 0.697. The summed E-state index contributed by atoms with van der Waals surface area (Å²) in [5, 5.41) is 19.5. The van der Waals surface area contributed by atoms with E-state index in [4.69, 9.17) is 0 Å². The molecule has 4 aliphatic rings. The van der Waals surface area contributed by atoms with Crippen LogP contribution in [0.5, 0.6) is 0 Å². The number of piperazine rings is 2. The maximum atomic E-state index is 14.3. The summed E-state index contributed by atoms with van der Waals surface area (Å²) in [6.45, 7) is 2.77. The number of nitrogens with zero attached hydrogens (tertiary/aromatic N) is 3. The van der Waals surface area contributed by atoms with Gasteiger partial charge in [0.05, 0.1) is 0 Å². The van der Waals surface area contributed by atoms with E-state index in [2.05, 4.69) is 52.7 Å². The van der Waals surface area contributed by atoms with E-state index in [0.717, 1.165) is 25.7 Å². The summed E-state index contributed by atoms with van der Waals surface area (Å²) in [4.78, 5) is 30.7. The number of aryl methyl sites for hydroxylation is 1. The van der Waals surface area contributed by atoms with Crippen molar-refractivity contribution in [2.24, 2.45) is 7.05 Å². The van der Waals surface area contributed by atoms with Crippen molar-refractivity contribution >= 4 is 22.7 Å². The van der Waals surface area contributed by atoms with Crippen LogP contribution in [0.2, 0.25) is 0 Å². The molecule has 1 spiro atoms. The van der Waals surface area contributed by atoms with Crippen molar-refractivity contribution in [3.63, 3.8) is 0 Å². The summed E-state index contributed by atoms with van der Waals surface area (Å²) in [5.41, 5.74) is 1.06. The first-order valence-corrected chi connectivity index (χ1v) is 16.3. The lowest BCUT2D eigenvalue weighted by Gasteiger charge is -2.50. The Hall–Kier alpha value is -2.42. The van der Waals surface area contributed by atoms with E-state index >= 15 is 0 Å². The fourth-order valence-corrected chi connectivity index (χ4v) is 7.57. The van der Waals surface area contributed by atoms with Gasteiger partial charge in [-0.25, -0.2) is 0 Å². The molecule has 224 valence electrons. The smallest absolute Gasteiger partial charge is 0.254 e. The van der Waals surface area contributed by atoms with Crippen molar-refractivity contribution in [1.82, 2.24) is 25.0 Å². The van der Waals surface area contributed by atoms with Gasteiger partial charge in [0.15, 0.2) is 0 Å². The molecule has 2 aliphatic carbocycles. The van der Waals surface area contributed by atoms with Gasteiger partial charge in [-0.2, -0.15) is 0 Å². The second kappa shape index (κ2) is 12.1. The zero-order valence-corrected chi connectivity index (χ0v) is 24.9. The molecule has 2 atom stereocenters. The largest absolute Gasteiger partial charge is 0.380 e. The van der Waals surface area contributed by atoms with Crippen LogP contribution in [0.25, 0.3) is 10.9 Å². The summed E-state index contributed by atoms with van der Waals surface area (Å²) in [6.07, 6.45) is 16.4. The molecule has 0 radical (unpaired) electrons. The van der Waals surface area contributed by atoms with E-state index in [0.29, 0.717) is 45.6 Å². The standard InChI is InChI=1S/C33H49N5O3/c1-36-18-13-26-23-25(11-12-28(26)36)27-24-34-29(32(35-27)14-9-7-5-3-2-4-6-8-10-15-32)30(39)37-19-21-38(22-20-37)31(40)33(41)16-17-33/h11-13,18,23,27,29,34-35,41H,2-10,14-17,19-22,24H2,1H3. The number of benzene rings is 1. The van der Waals surface area contributed by atoms with Gasteiger partial charge in [0.25, 0.3) is 5.91 Å². The molecule has 41 heavy (non-hydrogen) atoms. The Morgan fingerprint density at radius 2 is 1.44 bits per heavy atom. The first kappa shape index (κ1) is 28.7. The maximum Gasteiger partial charge on any atom is 0.254 e. The van der Waals surface area contributed by atoms with Crippen molar-refractivity contribution in [3.05, 3.63) is 36.0 Å². The molecule has 2 amide bonds. The van der Waals surface area contributed by atoms with Crippen LogP contribution in [0, 0.1) is 0 Å². The average molecular weight is 564 g/mol. The zero-order valence-electron chi connectivity index (χ0n) is 24.9. The topological polar surface area (TPSA) is 89.8 Å². The van der Waals surface area contributed by atoms with Crippen LogP contribution in [0.3, 0.4) is 0 Å². The van der Waals surface area contributed by atoms with Crippen LogP contribution in [0.15, 0.2) is 30.5 Å². The minimum absolute atomic E-state index is 0.144. The predicted octanol–water partition coefficient (Wildman–Crippen LogP) is 4.02. The van der Waals surface area contributed by atoms with Gasteiger partial charge >= 0.3 is 0 Å². The molecule has 1 aromatic carbocycles. The Morgan fingerprint density at radius 3 is 2.07 bits per heavy atom. The average Bonchev–Trinajstić information content (AvgIpc) is 3.64. The third-order valence-electron chi connectivity index (χ3n) is 10.3. The first-order valence-electron chi connectivity index (χ1n) is 16.3. The van der Waals surface area contributed by atoms with Gasteiger partial charge < -0.3 is 30.1 Å². The molecule has 2 aliphatic heterocycles. The normalized spacial score (nSPS) is 27.3. The molecule has 8 heteroatoms. The van der Waals surface area contributed by atoms with Gasteiger partial charge in [0.2, 0.25) is 5.91 Å². The van der Waals surface area contributed by atoms with Gasteiger partial charge in [-0.1, -0.05) is 63.9 Å². The first-order chi connectivity index (χ1) is 19.9. The number of aromatic nitrogens is 1. The number of carbonyl (C=O) groups excluding carboxylic acids is 2. The highest BCUT2D eigenvalue weighted by Crippen LogP contribution is 2.38. The Balaban J connectivity index is 1.22. The van der Waals surface area contributed by atoms with Gasteiger partial charge in [-0.15, -0.1) is 0 Å². The number of hydrogen-bond acceptors (Lipinski definition) is 5. The molecule has 3 N–H and O–H groups in total. The van der Waals surface area contributed by atoms with Crippen molar-refractivity contribution in [2.45, 2.75) is 107 Å². The molecule has 2 unspecified atom stereocenters. The summed E-state index contributed by atoms with van der Waals surface area (Å²) < 4.78 is 2.16. The van der Waals surface area contributed by atoms with Crippen LogP contribution >= 0.6 is 0 Å². The maximum absolute atomic E-state index is 14.3. The fourth-order valence-electron chi connectivity index (χ4n) is 7.57. The van der Waals surface area contributed by atoms with Gasteiger partial charge in [-0.05, 0) is 54.8 Å². The molecule has 6 rings (SSSR count). The van der Waals surface area contributed by atoms with Crippen LogP contribution in [0.4, 0.5) is 0 Å². The Kier molecular flexibility index (Phi) is 8.44. The monoisotopic (exact) mass is 563 g/mol. The van der Waals surface area contributed by atoms with Crippen LogP contribution in [0.1, 0.15) is 95.1 Å². The van der Waals surface area contributed by atoms with E-state index in [1.54, 1.807) is 4.90 Å². The number of nitrogens with one attached hydrogen (secondary N) is 2. The summed E-state index contributed by atoms with van der Waals surface area (Å²) >= 11 is 0. The number of amides is 2. The SMILES string of the molecule is Cn1ccc2cc(C3CNC(C(=O)N4CCN(C(=O)C5(O)CC5)CC4)C4(CCCCCCCCCCC4)N3)ccc21. The quantitative estimate of drug-likeness (QED) is 0.525. The lowest BCUT2D eigenvalue weighted by molar-refractivity contribution is -0.148.